The Morgan fingerprint density at radius 2 is 1.47 bits per heavy atom. The van der Waals surface area contributed by atoms with Gasteiger partial charge in [0.2, 0.25) is 0 Å². The van der Waals surface area contributed by atoms with Crippen molar-refractivity contribution in [1.29, 1.82) is 0 Å². The third-order valence-electron chi connectivity index (χ3n) is 2.89. The van der Waals surface area contributed by atoms with Crippen LogP contribution in [0.25, 0.3) is 11.1 Å². The van der Waals surface area contributed by atoms with Crippen molar-refractivity contribution in [2.75, 3.05) is 21.3 Å². The molecule has 0 aliphatic rings. The highest BCUT2D eigenvalue weighted by Crippen LogP contribution is 2.39. The zero-order valence-electron chi connectivity index (χ0n) is 11.6. The van der Waals surface area contributed by atoms with Crippen molar-refractivity contribution in [3.8, 4) is 28.4 Å². The molecule has 1 heterocycles. The Labute approximate surface area is 113 Å². The second kappa shape index (κ2) is 5.61. The highest BCUT2D eigenvalue weighted by atomic mass is 16.5. The van der Waals surface area contributed by atoms with E-state index in [1.54, 1.807) is 33.7 Å². The summed E-state index contributed by atoms with van der Waals surface area (Å²) in [6.45, 7) is 2.00. The Balaban J connectivity index is 2.65. The molecule has 0 amide bonds. The lowest BCUT2D eigenvalue weighted by molar-refractivity contribution is 0.396. The number of ether oxygens (including phenoxy) is 3. The summed E-state index contributed by atoms with van der Waals surface area (Å²) in [7, 11) is 4.90. The molecule has 4 heteroatoms. The van der Waals surface area contributed by atoms with E-state index in [-0.39, 0.29) is 0 Å². The van der Waals surface area contributed by atoms with Gasteiger partial charge >= 0.3 is 0 Å². The molecular formula is C15H17NO3. The van der Waals surface area contributed by atoms with E-state index in [0.29, 0.717) is 5.75 Å². The normalized spacial score (nSPS) is 10.1. The Bertz CT molecular complexity index is 556. The maximum Gasteiger partial charge on any atom is 0.137 e. The molecule has 0 spiro atoms. The number of hydrogen-bond donors (Lipinski definition) is 0. The van der Waals surface area contributed by atoms with Gasteiger partial charge in [0, 0.05) is 11.8 Å². The van der Waals surface area contributed by atoms with Crippen molar-refractivity contribution in [2.24, 2.45) is 0 Å². The highest BCUT2D eigenvalue weighted by Gasteiger charge is 2.14. The molecule has 0 aliphatic heterocycles. The first-order valence-corrected chi connectivity index (χ1v) is 5.91. The Hall–Kier alpha value is -2.23. The molecule has 2 rings (SSSR count). The molecule has 19 heavy (non-hydrogen) atoms. The minimum atomic E-state index is 0.696. The van der Waals surface area contributed by atoms with Crippen molar-refractivity contribution in [1.82, 2.24) is 4.98 Å². The number of aromatic nitrogens is 1. The van der Waals surface area contributed by atoms with Gasteiger partial charge in [0.15, 0.2) is 0 Å². The molecule has 0 unspecified atom stereocenters. The van der Waals surface area contributed by atoms with Crippen LogP contribution >= 0.6 is 0 Å². The molecule has 2 aromatic rings. The maximum atomic E-state index is 5.45. The number of aryl methyl sites for hydroxylation is 1. The molecule has 0 radical (unpaired) electrons. The van der Waals surface area contributed by atoms with Crippen LogP contribution in [-0.2, 0) is 0 Å². The van der Waals surface area contributed by atoms with Crippen molar-refractivity contribution >= 4 is 0 Å². The average molecular weight is 259 g/mol. The molecule has 0 N–H and O–H groups in total. The molecule has 0 atom stereocenters. The fourth-order valence-corrected chi connectivity index (χ4v) is 1.99. The smallest absolute Gasteiger partial charge is 0.137 e. The fourth-order valence-electron chi connectivity index (χ4n) is 1.99. The van der Waals surface area contributed by atoms with Crippen LogP contribution in [-0.4, -0.2) is 26.3 Å². The van der Waals surface area contributed by atoms with Crippen molar-refractivity contribution in [3.63, 3.8) is 0 Å². The van der Waals surface area contributed by atoms with E-state index in [0.717, 1.165) is 28.2 Å². The fraction of sp³-hybridized carbons (Fsp3) is 0.267. The molecule has 0 fully saturated rings. The first-order valence-electron chi connectivity index (χ1n) is 5.91. The lowest BCUT2D eigenvalue weighted by Crippen LogP contribution is -1.95. The first-order chi connectivity index (χ1) is 9.19. The van der Waals surface area contributed by atoms with Gasteiger partial charge < -0.3 is 14.2 Å². The largest absolute Gasteiger partial charge is 0.496 e. The van der Waals surface area contributed by atoms with Crippen LogP contribution in [0, 0.1) is 6.92 Å². The van der Waals surface area contributed by atoms with Gasteiger partial charge in [0.25, 0.3) is 0 Å². The second-order valence-corrected chi connectivity index (χ2v) is 4.16. The van der Waals surface area contributed by atoms with Gasteiger partial charge in [-0.25, -0.2) is 0 Å². The van der Waals surface area contributed by atoms with Gasteiger partial charge in [-0.1, -0.05) is 0 Å². The molecule has 1 aromatic heterocycles. The van der Waals surface area contributed by atoms with Crippen LogP contribution in [0.15, 0.2) is 30.6 Å². The van der Waals surface area contributed by atoms with E-state index in [2.05, 4.69) is 4.98 Å². The third kappa shape index (κ3) is 2.62. The van der Waals surface area contributed by atoms with Gasteiger partial charge in [-0.3, -0.25) is 4.98 Å². The first kappa shape index (κ1) is 13.2. The maximum absolute atomic E-state index is 5.45. The summed E-state index contributed by atoms with van der Waals surface area (Å²) >= 11 is 0. The van der Waals surface area contributed by atoms with Crippen molar-refractivity contribution in [2.45, 2.75) is 6.92 Å². The lowest BCUT2D eigenvalue weighted by Gasteiger charge is -2.14. The van der Waals surface area contributed by atoms with Gasteiger partial charge in [-0.2, -0.15) is 0 Å². The van der Waals surface area contributed by atoms with Gasteiger partial charge in [-0.05, 0) is 30.7 Å². The number of nitrogens with zero attached hydrogens (tertiary/aromatic N) is 1. The molecule has 1 aromatic carbocycles. The quantitative estimate of drug-likeness (QED) is 0.846. The van der Waals surface area contributed by atoms with Crippen LogP contribution in [0.1, 0.15) is 5.56 Å². The SMILES string of the molecule is COc1cncc(-c2c(OC)cc(C)cc2OC)c1. The molecule has 0 saturated heterocycles. The molecular weight excluding hydrogens is 242 g/mol. The van der Waals surface area contributed by atoms with E-state index in [1.165, 1.54) is 0 Å². The summed E-state index contributed by atoms with van der Waals surface area (Å²) in [6.07, 6.45) is 3.43. The van der Waals surface area contributed by atoms with Crippen LogP contribution in [0.2, 0.25) is 0 Å². The highest BCUT2D eigenvalue weighted by molar-refractivity contribution is 5.77. The summed E-state index contributed by atoms with van der Waals surface area (Å²) < 4.78 is 16.1. The third-order valence-corrected chi connectivity index (χ3v) is 2.89. The van der Waals surface area contributed by atoms with Gasteiger partial charge in [0.1, 0.15) is 17.2 Å². The second-order valence-electron chi connectivity index (χ2n) is 4.16. The van der Waals surface area contributed by atoms with Crippen molar-refractivity contribution < 1.29 is 14.2 Å². The lowest BCUT2D eigenvalue weighted by atomic mass is 10.0. The minimum absolute atomic E-state index is 0.696. The molecule has 0 saturated carbocycles. The number of rotatable bonds is 4. The van der Waals surface area contributed by atoms with E-state index < -0.39 is 0 Å². The Kier molecular flexibility index (Phi) is 3.90. The Morgan fingerprint density at radius 1 is 0.842 bits per heavy atom. The summed E-state index contributed by atoms with van der Waals surface area (Å²) in [5, 5.41) is 0. The predicted molar refractivity (Wildman–Crippen MR) is 74.1 cm³/mol. The molecule has 0 bridgehead atoms. The van der Waals surface area contributed by atoms with E-state index in [1.807, 2.05) is 25.1 Å². The average Bonchev–Trinajstić information content (AvgIpc) is 2.46. The molecule has 4 nitrogen and oxygen atoms in total. The monoisotopic (exact) mass is 259 g/mol. The van der Waals surface area contributed by atoms with Gasteiger partial charge in [0.05, 0.1) is 33.1 Å². The number of benzene rings is 1. The van der Waals surface area contributed by atoms with E-state index in [4.69, 9.17) is 14.2 Å². The number of hydrogen-bond acceptors (Lipinski definition) is 4. The van der Waals surface area contributed by atoms with Crippen LogP contribution in [0.3, 0.4) is 0 Å². The minimum Gasteiger partial charge on any atom is -0.496 e. The van der Waals surface area contributed by atoms with E-state index in [9.17, 15) is 0 Å². The summed E-state index contributed by atoms with van der Waals surface area (Å²) in [5.74, 6) is 2.21. The van der Waals surface area contributed by atoms with Gasteiger partial charge in [-0.15, -0.1) is 0 Å². The van der Waals surface area contributed by atoms with Crippen LogP contribution < -0.4 is 14.2 Å². The zero-order chi connectivity index (χ0) is 13.8. The summed E-state index contributed by atoms with van der Waals surface area (Å²) in [6, 6.07) is 5.84. The topological polar surface area (TPSA) is 40.6 Å². The number of methoxy groups -OCH3 is 3. The van der Waals surface area contributed by atoms with Crippen LogP contribution in [0.5, 0.6) is 17.2 Å². The van der Waals surface area contributed by atoms with Crippen molar-refractivity contribution in [3.05, 3.63) is 36.2 Å². The summed E-state index contributed by atoms with van der Waals surface area (Å²) in [4.78, 5) is 4.17. The van der Waals surface area contributed by atoms with E-state index >= 15 is 0 Å². The Morgan fingerprint density at radius 3 is 2.00 bits per heavy atom. The standard InChI is InChI=1S/C15H17NO3/c1-10-5-13(18-3)15(14(6-10)19-4)11-7-12(17-2)9-16-8-11/h5-9H,1-4H3. The molecule has 100 valence electrons. The van der Waals surface area contributed by atoms with Crippen LogP contribution in [0.4, 0.5) is 0 Å². The summed E-state index contributed by atoms with van der Waals surface area (Å²) in [5.41, 5.74) is 2.85. The molecule has 0 aliphatic carbocycles. The predicted octanol–water partition coefficient (Wildman–Crippen LogP) is 3.08. The zero-order valence-corrected chi connectivity index (χ0v) is 11.6. The number of pyridine rings is 1.